The number of benzene rings is 1. The molecule has 0 bridgehead atoms. The monoisotopic (exact) mass is 403 g/mol. The molecule has 3 N–H and O–H groups in total. The Labute approximate surface area is 163 Å². The van der Waals surface area contributed by atoms with Crippen molar-refractivity contribution in [2.45, 2.75) is 56.5 Å². The Morgan fingerprint density at radius 1 is 1.23 bits per heavy atom. The van der Waals surface area contributed by atoms with Crippen LogP contribution in [0, 0.1) is 5.92 Å². The SMILES string of the molecule is CC(C)N(C)S(=O)(=O)c1ccc(C(=O)NC2CCCCC2CN)cc1.Cl. The average molecular weight is 404 g/mol. The van der Waals surface area contributed by atoms with Gasteiger partial charge in [0.05, 0.1) is 4.90 Å². The molecule has 8 heteroatoms. The number of sulfonamides is 1. The van der Waals surface area contributed by atoms with Crippen LogP contribution in [0.4, 0.5) is 0 Å². The minimum atomic E-state index is -3.54. The normalized spacial score (nSPS) is 20.7. The summed E-state index contributed by atoms with van der Waals surface area (Å²) in [7, 11) is -1.98. The lowest BCUT2D eigenvalue weighted by atomic mass is 9.84. The summed E-state index contributed by atoms with van der Waals surface area (Å²) >= 11 is 0. The summed E-state index contributed by atoms with van der Waals surface area (Å²) in [6, 6.07) is 6.08. The predicted octanol–water partition coefficient (Wildman–Crippen LogP) is 2.38. The van der Waals surface area contributed by atoms with Crippen LogP contribution in [0.25, 0.3) is 0 Å². The van der Waals surface area contributed by atoms with E-state index in [0.717, 1.165) is 25.7 Å². The molecular weight excluding hydrogens is 374 g/mol. The first kappa shape index (κ1) is 22.9. The molecule has 6 nitrogen and oxygen atoms in total. The van der Waals surface area contributed by atoms with Gasteiger partial charge in [0.2, 0.25) is 10.0 Å². The van der Waals surface area contributed by atoms with Crippen LogP contribution in [0.15, 0.2) is 29.2 Å². The Kier molecular flexibility index (Phi) is 8.53. The molecule has 1 saturated carbocycles. The van der Waals surface area contributed by atoms with Crippen molar-refractivity contribution < 1.29 is 13.2 Å². The second kappa shape index (κ2) is 9.69. The molecule has 0 saturated heterocycles. The molecule has 0 aliphatic heterocycles. The van der Waals surface area contributed by atoms with Crippen LogP contribution in [-0.2, 0) is 10.0 Å². The average Bonchev–Trinajstić information content (AvgIpc) is 2.61. The molecule has 1 amide bonds. The lowest BCUT2D eigenvalue weighted by Crippen LogP contribution is -2.44. The van der Waals surface area contributed by atoms with E-state index >= 15 is 0 Å². The van der Waals surface area contributed by atoms with Gasteiger partial charge in [-0.05, 0) is 63.4 Å². The van der Waals surface area contributed by atoms with Crippen LogP contribution in [0.3, 0.4) is 0 Å². The smallest absolute Gasteiger partial charge is 0.251 e. The van der Waals surface area contributed by atoms with Crippen LogP contribution in [0.5, 0.6) is 0 Å². The van der Waals surface area contributed by atoms with E-state index in [2.05, 4.69) is 5.32 Å². The predicted molar refractivity (Wildman–Crippen MR) is 106 cm³/mol. The van der Waals surface area contributed by atoms with Gasteiger partial charge in [0, 0.05) is 24.7 Å². The number of nitrogens with two attached hydrogens (primary N) is 1. The summed E-state index contributed by atoms with van der Waals surface area (Å²) in [5.41, 5.74) is 6.27. The van der Waals surface area contributed by atoms with E-state index in [9.17, 15) is 13.2 Å². The Bertz CT molecular complexity index is 692. The van der Waals surface area contributed by atoms with Gasteiger partial charge in [-0.15, -0.1) is 12.4 Å². The first-order chi connectivity index (χ1) is 11.8. The maximum absolute atomic E-state index is 12.5. The Morgan fingerprint density at radius 2 is 1.81 bits per heavy atom. The third-order valence-electron chi connectivity index (χ3n) is 5.05. The van der Waals surface area contributed by atoms with Crippen molar-refractivity contribution in [1.82, 2.24) is 9.62 Å². The van der Waals surface area contributed by atoms with Gasteiger partial charge in [0.1, 0.15) is 0 Å². The van der Waals surface area contributed by atoms with Crippen molar-refractivity contribution in [3.8, 4) is 0 Å². The minimum Gasteiger partial charge on any atom is -0.349 e. The minimum absolute atomic E-state index is 0. The number of hydrogen-bond acceptors (Lipinski definition) is 4. The third-order valence-corrected chi connectivity index (χ3v) is 7.10. The number of halogens is 1. The molecule has 2 unspecified atom stereocenters. The molecule has 0 heterocycles. The number of carbonyl (C=O) groups is 1. The molecule has 1 aliphatic carbocycles. The molecule has 148 valence electrons. The molecule has 26 heavy (non-hydrogen) atoms. The zero-order valence-corrected chi connectivity index (χ0v) is 17.3. The number of amides is 1. The Morgan fingerprint density at radius 3 is 2.35 bits per heavy atom. The van der Waals surface area contributed by atoms with Crippen molar-refractivity contribution in [3.05, 3.63) is 29.8 Å². The molecule has 1 aliphatic rings. The number of rotatable bonds is 6. The van der Waals surface area contributed by atoms with Crippen LogP contribution in [0.1, 0.15) is 49.9 Å². The lowest BCUT2D eigenvalue weighted by Gasteiger charge is -2.31. The molecule has 0 radical (unpaired) electrons. The standard InChI is InChI=1S/C18H29N3O3S.ClH/c1-13(2)21(3)25(23,24)16-10-8-14(9-11-16)18(22)20-17-7-5-4-6-15(17)12-19;/h8-11,13,15,17H,4-7,12,19H2,1-3H3,(H,20,22);1H. The molecular formula is C18H30ClN3O3S. The zero-order chi connectivity index (χ0) is 18.6. The van der Waals surface area contributed by atoms with Crippen LogP contribution >= 0.6 is 12.4 Å². The van der Waals surface area contributed by atoms with E-state index in [-0.39, 0.29) is 35.3 Å². The second-order valence-electron chi connectivity index (χ2n) is 7.00. The summed E-state index contributed by atoms with van der Waals surface area (Å²) < 4.78 is 26.2. The van der Waals surface area contributed by atoms with Crippen molar-refractivity contribution in [2.24, 2.45) is 11.7 Å². The van der Waals surface area contributed by atoms with E-state index in [1.807, 2.05) is 13.8 Å². The second-order valence-corrected chi connectivity index (χ2v) is 9.00. The summed E-state index contributed by atoms with van der Waals surface area (Å²) in [5.74, 6) is 0.142. The highest BCUT2D eigenvalue weighted by Gasteiger charge is 2.26. The van der Waals surface area contributed by atoms with Crippen molar-refractivity contribution in [1.29, 1.82) is 0 Å². The number of nitrogens with zero attached hydrogens (tertiary/aromatic N) is 1. The molecule has 2 rings (SSSR count). The van der Waals surface area contributed by atoms with Gasteiger partial charge in [0.25, 0.3) is 5.91 Å². The van der Waals surface area contributed by atoms with Gasteiger partial charge in [-0.2, -0.15) is 4.31 Å². The van der Waals surface area contributed by atoms with E-state index < -0.39 is 10.0 Å². The fourth-order valence-corrected chi connectivity index (χ4v) is 4.52. The lowest BCUT2D eigenvalue weighted by molar-refractivity contribution is 0.0908. The van der Waals surface area contributed by atoms with Crippen molar-refractivity contribution >= 4 is 28.3 Å². The number of hydrogen-bond donors (Lipinski definition) is 2. The molecule has 0 spiro atoms. The van der Waals surface area contributed by atoms with E-state index in [1.165, 1.54) is 16.4 Å². The highest BCUT2D eigenvalue weighted by atomic mass is 35.5. The van der Waals surface area contributed by atoms with E-state index in [1.54, 1.807) is 19.2 Å². The molecule has 2 atom stereocenters. The first-order valence-corrected chi connectivity index (χ1v) is 10.3. The maximum Gasteiger partial charge on any atom is 0.251 e. The number of carbonyl (C=O) groups excluding carboxylic acids is 1. The van der Waals surface area contributed by atoms with E-state index in [0.29, 0.717) is 18.0 Å². The topological polar surface area (TPSA) is 92.5 Å². The van der Waals surface area contributed by atoms with Gasteiger partial charge in [-0.1, -0.05) is 12.8 Å². The Hall–Kier alpha value is -1.15. The third kappa shape index (κ3) is 5.19. The van der Waals surface area contributed by atoms with Gasteiger partial charge >= 0.3 is 0 Å². The van der Waals surface area contributed by atoms with Crippen LogP contribution < -0.4 is 11.1 Å². The fourth-order valence-electron chi connectivity index (χ4n) is 3.15. The van der Waals surface area contributed by atoms with E-state index in [4.69, 9.17) is 5.73 Å². The first-order valence-electron chi connectivity index (χ1n) is 8.86. The highest BCUT2D eigenvalue weighted by Crippen LogP contribution is 2.24. The molecule has 1 fully saturated rings. The van der Waals surface area contributed by atoms with Gasteiger partial charge in [-0.3, -0.25) is 4.79 Å². The molecule has 1 aromatic carbocycles. The highest BCUT2D eigenvalue weighted by molar-refractivity contribution is 7.89. The fraction of sp³-hybridized carbons (Fsp3) is 0.611. The molecule has 0 aromatic heterocycles. The van der Waals surface area contributed by atoms with Crippen molar-refractivity contribution in [2.75, 3.05) is 13.6 Å². The van der Waals surface area contributed by atoms with Gasteiger partial charge in [-0.25, -0.2) is 8.42 Å². The quantitative estimate of drug-likeness (QED) is 0.762. The summed E-state index contributed by atoms with van der Waals surface area (Å²) in [4.78, 5) is 12.7. The number of nitrogens with one attached hydrogen (secondary N) is 1. The largest absolute Gasteiger partial charge is 0.349 e. The summed E-state index contributed by atoms with van der Waals surface area (Å²) in [6.45, 7) is 4.21. The van der Waals surface area contributed by atoms with Gasteiger partial charge < -0.3 is 11.1 Å². The van der Waals surface area contributed by atoms with Gasteiger partial charge in [0.15, 0.2) is 0 Å². The zero-order valence-electron chi connectivity index (χ0n) is 15.6. The summed E-state index contributed by atoms with van der Waals surface area (Å²) in [5, 5.41) is 3.06. The van der Waals surface area contributed by atoms with Crippen LogP contribution in [0.2, 0.25) is 0 Å². The Balaban J connectivity index is 0.00000338. The molecule has 1 aromatic rings. The van der Waals surface area contributed by atoms with Crippen LogP contribution in [-0.4, -0.2) is 44.3 Å². The summed E-state index contributed by atoms with van der Waals surface area (Å²) in [6.07, 6.45) is 4.24. The maximum atomic E-state index is 12.5. The van der Waals surface area contributed by atoms with Crippen molar-refractivity contribution in [3.63, 3.8) is 0 Å².